The van der Waals surface area contributed by atoms with Crippen LogP contribution in [0.25, 0.3) is 6.08 Å². The van der Waals surface area contributed by atoms with Gasteiger partial charge in [0.05, 0.1) is 0 Å². The third-order valence-electron chi connectivity index (χ3n) is 5.02. The van der Waals surface area contributed by atoms with Crippen molar-refractivity contribution in [2.24, 2.45) is 5.92 Å². The van der Waals surface area contributed by atoms with Gasteiger partial charge >= 0.3 is 12.0 Å². The molecule has 0 spiro atoms. The van der Waals surface area contributed by atoms with Crippen LogP contribution in [0.3, 0.4) is 0 Å². The van der Waals surface area contributed by atoms with E-state index in [1.165, 1.54) is 6.08 Å². The summed E-state index contributed by atoms with van der Waals surface area (Å²) in [4.78, 5) is 36.4. The Morgan fingerprint density at radius 3 is 2.45 bits per heavy atom. The highest BCUT2D eigenvalue weighted by Gasteiger charge is 2.17. The minimum Gasteiger partial charge on any atom is -0.451 e. The molecule has 174 valence electrons. The molecular formula is C25H30N4O4. The summed E-state index contributed by atoms with van der Waals surface area (Å²) < 4.78 is 7.06. The lowest BCUT2D eigenvalue weighted by molar-refractivity contribution is -0.144. The van der Waals surface area contributed by atoms with Crippen LogP contribution in [0.4, 0.5) is 10.5 Å². The number of anilines is 1. The van der Waals surface area contributed by atoms with Crippen molar-refractivity contribution in [3.8, 4) is 6.07 Å². The van der Waals surface area contributed by atoms with E-state index >= 15 is 0 Å². The van der Waals surface area contributed by atoms with Crippen molar-refractivity contribution in [1.82, 2.24) is 9.88 Å². The summed E-state index contributed by atoms with van der Waals surface area (Å²) in [6, 6.07) is 8.44. The van der Waals surface area contributed by atoms with Gasteiger partial charge in [-0.2, -0.15) is 5.26 Å². The zero-order valence-electron chi connectivity index (χ0n) is 19.9. The molecule has 2 rings (SSSR count). The zero-order chi connectivity index (χ0) is 24.7. The number of ether oxygens (including phenoxy) is 1. The highest BCUT2D eigenvalue weighted by atomic mass is 16.5. The number of carbonyl (C=O) groups is 3. The standard InChI is InChI=1S/C25H30N4O4/c1-15(2)13-29-18(5)10-20(19(29)6)11-21(12-26)24(31)33-14-23(30)28-25(32)27-22-8-7-16(3)9-17(22)4/h7-11,15H,13-14H2,1-6H3,(H2,27,28,30,32)/b21-11+. The predicted molar refractivity (Wildman–Crippen MR) is 126 cm³/mol. The molecule has 0 fully saturated rings. The summed E-state index contributed by atoms with van der Waals surface area (Å²) in [6.07, 6.45) is 1.45. The van der Waals surface area contributed by atoms with Gasteiger partial charge in [-0.1, -0.05) is 31.5 Å². The molecule has 0 saturated heterocycles. The number of nitrogens with zero attached hydrogens (tertiary/aromatic N) is 2. The maximum absolute atomic E-state index is 12.3. The second-order valence-electron chi connectivity index (χ2n) is 8.40. The number of nitrogens with one attached hydrogen (secondary N) is 2. The van der Waals surface area contributed by atoms with Crippen molar-refractivity contribution in [2.45, 2.75) is 48.1 Å². The monoisotopic (exact) mass is 450 g/mol. The van der Waals surface area contributed by atoms with E-state index < -0.39 is 24.5 Å². The van der Waals surface area contributed by atoms with Crippen molar-refractivity contribution in [1.29, 1.82) is 5.26 Å². The Morgan fingerprint density at radius 1 is 1.15 bits per heavy atom. The van der Waals surface area contributed by atoms with Crippen LogP contribution in [-0.2, 0) is 20.9 Å². The van der Waals surface area contributed by atoms with E-state index in [0.29, 0.717) is 11.6 Å². The largest absolute Gasteiger partial charge is 0.451 e. The maximum Gasteiger partial charge on any atom is 0.349 e. The normalized spacial score (nSPS) is 11.2. The average molecular weight is 451 g/mol. The molecule has 0 aliphatic heterocycles. The van der Waals surface area contributed by atoms with Crippen LogP contribution in [0.5, 0.6) is 0 Å². The number of hydrogen-bond acceptors (Lipinski definition) is 5. The van der Waals surface area contributed by atoms with Crippen LogP contribution >= 0.6 is 0 Å². The topological polar surface area (TPSA) is 113 Å². The quantitative estimate of drug-likeness (QED) is 0.373. The van der Waals surface area contributed by atoms with E-state index in [0.717, 1.165) is 34.6 Å². The molecule has 0 radical (unpaired) electrons. The minimum absolute atomic E-state index is 0.229. The summed E-state index contributed by atoms with van der Waals surface area (Å²) in [5.41, 5.74) is 4.92. The van der Waals surface area contributed by atoms with Crippen LogP contribution in [0.1, 0.15) is 41.9 Å². The Labute approximate surface area is 194 Å². The van der Waals surface area contributed by atoms with Crippen molar-refractivity contribution in [2.75, 3.05) is 11.9 Å². The molecule has 2 aromatic rings. The number of urea groups is 1. The van der Waals surface area contributed by atoms with E-state index in [9.17, 15) is 19.6 Å². The Bertz CT molecular complexity index is 1140. The summed E-state index contributed by atoms with van der Waals surface area (Å²) in [5.74, 6) is -1.30. The molecule has 0 atom stereocenters. The molecule has 0 bridgehead atoms. The maximum atomic E-state index is 12.3. The molecule has 8 nitrogen and oxygen atoms in total. The second-order valence-corrected chi connectivity index (χ2v) is 8.40. The van der Waals surface area contributed by atoms with Crippen LogP contribution < -0.4 is 10.6 Å². The number of carbonyl (C=O) groups excluding carboxylic acids is 3. The fraction of sp³-hybridized carbons (Fsp3) is 0.360. The van der Waals surface area contributed by atoms with Gasteiger partial charge in [0.15, 0.2) is 6.61 Å². The van der Waals surface area contributed by atoms with Gasteiger partial charge in [0.25, 0.3) is 5.91 Å². The fourth-order valence-electron chi connectivity index (χ4n) is 3.39. The number of imide groups is 1. The lowest BCUT2D eigenvalue weighted by Crippen LogP contribution is -2.37. The first-order valence-electron chi connectivity index (χ1n) is 10.7. The smallest absolute Gasteiger partial charge is 0.349 e. The van der Waals surface area contributed by atoms with Crippen molar-refractivity contribution in [3.63, 3.8) is 0 Å². The fourth-order valence-corrected chi connectivity index (χ4v) is 3.39. The molecule has 3 amide bonds. The lowest BCUT2D eigenvalue weighted by Gasteiger charge is -2.12. The summed E-state index contributed by atoms with van der Waals surface area (Å²) in [7, 11) is 0. The van der Waals surface area contributed by atoms with Crippen LogP contribution in [0.2, 0.25) is 0 Å². The Hall–Kier alpha value is -3.86. The van der Waals surface area contributed by atoms with Gasteiger partial charge in [0.1, 0.15) is 11.6 Å². The first-order chi connectivity index (χ1) is 15.5. The molecule has 0 aliphatic rings. The molecule has 1 aromatic carbocycles. The molecule has 0 saturated carbocycles. The molecule has 33 heavy (non-hydrogen) atoms. The Morgan fingerprint density at radius 2 is 1.85 bits per heavy atom. The number of nitriles is 1. The van der Waals surface area contributed by atoms with Crippen molar-refractivity contribution >= 4 is 29.7 Å². The number of aromatic nitrogens is 1. The Balaban J connectivity index is 1.97. The lowest BCUT2D eigenvalue weighted by atomic mass is 10.1. The predicted octanol–water partition coefficient (Wildman–Crippen LogP) is 4.18. The van der Waals surface area contributed by atoms with Gasteiger partial charge in [-0.05, 0) is 62.9 Å². The number of esters is 1. The summed E-state index contributed by atoms with van der Waals surface area (Å²) in [5, 5.41) is 14.1. The Kier molecular flexibility index (Phi) is 8.57. The first kappa shape index (κ1) is 25.4. The van der Waals surface area contributed by atoms with E-state index in [-0.39, 0.29) is 5.57 Å². The highest BCUT2D eigenvalue weighted by Crippen LogP contribution is 2.20. The van der Waals surface area contributed by atoms with Gasteiger partial charge in [-0.25, -0.2) is 9.59 Å². The number of hydrogen-bond donors (Lipinski definition) is 2. The number of rotatable bonds is 7. The highest BCUT2D eigenvalue weighted by molar-refractivity contribution is 6.03. The third-order valence-corrected chi connectivity index (χ3v) is 5.02. The van der Waals surface area contributed by atoms with Crippen LogP contribution in [0.15, 0.2) is 29.8 Å². The zero-order valence-corrected chi connectivity index (χ0v) is 19.9. The van der Waals surface area contributed by atoms with Gasteiger partial charge in [-0.3, -0.25) is 10.1 Å². The van der Waals surface area contributed by atoms with Crippen molar-refractivity contribution < 1.29 is 19.1 Å². The first-order valence-corrected chi connectivity index (χ1v) is 10.7. The molecule has 1 heterocycles. The van der Waals surface area contributed by atoms with Gasteiger partial charge in [-0.15, -0.1) is 0 Å². The molecule has 8 heteroatoms. The number of benzene rings is 1. The molecule has 2 N–H and O–H groups in total. The molecule has 0 aliphatic carbocycles. The van der Waals surface area contributed by atoms with Gasteiger partial charge < -0.3 is 14.6 Å². The second kappa shape index (κ2) is 11.1. The third kappa shape index (κ3) is 7.07. The molecular weight excluding hydrogens is 420 g/mol. The van der Waals surface area contributed by atoms with E-state index in [4.69, 9.17) is 4.74 Å². The van der Waals surface area contributed by atoms with Gasteiger partial charge in [0.2, 0.25) is 0 Å². The number of aryl methyl sites for hydroxylation is 3. The number of amides is 3. The molecule has 1 aromatic heterocycles. The molecule has 0 unspecified atom stereocenters. The van der Waals surface area contributed by atoms with Gasteiger partial charge in [0, 0.05) is 23.6 Å². The van der Waals surface area contributed by atoms with E-state index in [1.807, 2.05) is 52.0 Å². The SMILES string of the molecule is Cc1ccc(NC(=O)NC(=O)COC(=O)/C(C#N)=C/c2cc(C)n(CC(C)C)c2C)c(C)c1. The van der Waals surface area contributed by atoms with Crippen molar-refractivity contribution in [3.05, 3.63) is 57.9 Å². The minimum atomic E-state index is -0.934. The summed E-state index contributed by atoms with van der Waals surface area (Å²) in [6.45, 7) is 12.0. The van der Waals surface area contributed by atoms with E-state index in [1.54, 1.807) is 6.07 Å². The average Bonchev–Trinajstić information content (AvgIpc) is 2.99. The summed E-state index contributed by atoms with van der Waals surface area (Å²) >= 11 is 0. The van der Waals surface area contributed by atoms with Crippen LogP contribution in [0, 0.1) is 44.9 Å². The van der Waals surface area contributed by atoms with Crippen LogP contribution in [-0.4, -0.2) is 29.1 Å². The van der Waals surface area contributed by atoms with E-state index in [2.05, 4.69) is 29.0 Å².